The monoisotopic (exact) mass is 2000 g/mol. The van der Waals surface area contributed by atoms with Crippen LogP contribution in [0.15, 0.2) is 146 Å². The molecule has 6 aliphatic carbocycles. The third kappa shape index (κ3) is 26.0. The second kappa shape index (κ2) is 49.3. The molecule has 8 N–H and O–H groups in total. The number of hydrogen-bond donors (Lipinski definition) is 4. The van der Waals surface area contributed by atoms with Gasteiger partial charge in [-0.1, -0.05) is 121 Å². The van der Waals surface area contributed by atoms with Gasteiger partial charge in [0.25, 0.3) is 23.6 Å². The Morgan fingerprint density at radius 1 is 0.322 bits per heavy atom. The van der Waals surface area contributed by atoms with Crippen molar-refractivity contribution in [3.8, 4) is 24.3 Å². The van der Waals surface area contributed by atoms with E-state index in [0.717, 1.165) is 155 Å². The highest BCUT2D eigenvalue weighted by Gasteiger charge is 2.53. The van der Waals surface area contributed by atoms with Crippen molar-refractivity contribution in [3.63, 3.8) is 0 Å². The molecule has 8 unspecified atom stereocenters. The Bertz CT molecular complexity index is 5620. The first-order valence-electron chi connectivity index (χ1n) is 52.4. The topological polar surface area (TPSA) is 438 Å². The normalized spacial score (nSPS) is 27.6. The molecule has 776 valence electrons. The Kier molecular flexibility index (Phi) is 36.3. The molecule has 30 nitrogen and oxygen atoms in total. The SMILES string of the molecule is COC(=O)Cc1nn(C2(CC#N)CCN(CC3CCC(c4ccccc4)CC3)CC2F)cc1C(N)=O.COC(=O)Cc1nn(C2(CC#N)CCN(CC3CCC(c4ccccc4)CC3)CC2F)cc1C(N)=O.N#CCC1(n2cc(C(N)=O)c(CC(=O)C3CC3)n2)CCN(CC2CCC(c3ccccc3)CC2)CC1F.N#CCC1(n2cc(C(N)=O)c(CC(=O)C3CC3)n2)CCN(CC2CCC(c3ccccc3)CC2)CC1F. The van der Waals surface area contributed by atoms with Crippen molar-refractivity contribution < 1.29 is 65.4 Å². The molecule has 8 aromatic rings. The summed E-state index contributed by atoms with van der Waals surface area (Å²) in [5, 5.41) is 56.0. The van der Waals surface area contributed by atoms with Crippen LogP contribution in [-0.2, 0) is 76.5 Å². The number of Topliss-reactive ketones (excluding diaryl/α,β-unsaturated/α-hetero) is 2. The predicted octanol–water partition coefficient (Wildman–Crippen LogP) is 14.9. The zero-order chi connectivity index (χ0) is 103. The average Bonchev–Trinajstić information content (AvgIpc) is 1.43. The summed E-state index contributed by atoms with van der Waals surface area (Å²) in [6, 6.07) is 51.1. The van der Waals surface area contributed by atoms with Crippen molar-refractivity contribution >= 4 is 47.1 Å². The summed E-state index contributed by atoms with van der Waals surface area (Å²) in [6.07, 6.45) is 22.8. The van der Waals surface area contributed by atoms with E-state index in [2.05, 4.69) is 183 Å². The van der Waals surface area contributed by atoms with E-state index >= 15 is 17.6 Å². The summed E-state index contributed by atoms with van der Waals surface area (Å²) in [5.41, 5.74) is 24.3. The van der Waals surface area contributed by atoms with Crippen molar-refractivity contribution in [2.75, 3.05) is 92.8 Å². The quantitative estimate of drug-likeness (QED) is 0.0215. The van der Waals surface area contributed by atoms with Gasteiger partial charge in [0.05, 0.1) is 135 Å². The number of ether oxygens (including phenoxy) is 2. The van der Waals surface area contributed by atoms with Crippen molar-refractivity contribution in [2.24, 2.45) is 58.4 Å². The Morgan fingerprint density at radius 2 is 0.527 bits per heavy atom. The van der Waals surface area contributed by atoms with Crippen molar-refractivity contribution in [1.82, 2.24) is 58.7 Å². The molecule has 18 rings (SSSR count). The van der Waals surface area contributed by atoms with Gasteiger partial charge in [0.15, 0.2) is 0 Å². The first-order valence-corrected chi connectivity index (χ1v) is 52.4. The Balaban J connectivity index is 0.000000146. The molecule has 0 bridgehead atoms. The van der Waals surface area contributed by atoms with Crippen LogP contribution in [0.2, 0.25) is 0 Å². The number of nitriles is 4. The minimum atomic E-state index is -1.36. The van der Waals surface area contributed by atoms with Crippen LogP contribution in [0.25, 0.3) is 0 Å². The Labute approximate surface area is 852 Å². The number of halogens is 4. The van der Waals surface area contributed by atoms with Crippen LogP contribution in [0, 0.1) is 80.8 Å². The number of rotatable bonds is 34. The molecule has 6 saturated carbocycles. The van der Waals surface area contributed by atoms with Gasteiger partial charge in [-0.25, -0.2) is 17.6 Å². The van der Waals surface area contributed by atoms with Gasteiger partial charge >= 0.3 is 11.9 Å². The molecule has 4 amide bonds. The Morgan fingerprint density at radius 3 is 0.705 bits per heavy atom. The number of benzene rings is 4. The minimum Gasteiger partial charge on any atom is -0.469 e. The van der Waals surface area contributed by atoms with Crippen LogP contribution in [0.3, 0.4) is 0 Å². The predicted molar refractivity (Wildman–Crippen MR) is 538 cm³/mol. The molecule has 0 spiro atoms. The van der Waals surface area contributed by atoms with Gasteiger partial charge in [0, 0.05) is 115 Å². The first kappa shape index (κ1) is 108. The van der Waals surface area contributed by atoms with Crippen LogP contribution in [-0.4, -0.2) is 223 Å². The third-order valence-corrected chi connectivity index (χ3v) is 33.4. The average molecular weight is 2000 g/mol. The van der Waals surface area contributed by atoms with Crippen LogP contribution < -0.4 is 22.9 Å². The zero-order valence-electron chi connectivity index (χ0n) is 84.1. The second-order valence-electron chi connectivity index (χ2n) is 42.7. The molecule has 8 heterocycles. The second-order valence-corrected chi connectivity index (χ2v) is 42.7. The third-order valence-electron chi connectivity index (χ3n) is 33.4. The maximum Gasteiger partial charge on any atom is 0.311 e. The van der Waals surface area contributed by atoms with Crippen molar-refractivity contribution in [3.05, 3.63) is 213 Å². The summed E-state index contributed by atoms with van der Waals surface area (Å²) >= 11 is 0. The smallest absolute Gasteiger partial charge is 0.311 e. The van der Waals surface area contributed by atoms with Gasteiger partial charge in [-0.2, -0.15) is 41.4 Å². The molecule has 146 heavy (non-hydrogen) atoms. The molecule has 4 aromatic carbocycles. The van der Waals surface area contributed by atoms with E-state index in [-0.39, 0.29) is 135 Å². The lowest BCUT2D eigenvalue weighted by molar-refractivity contribution is -0.140. The van der Waals surface area contributed by atoms with Gasteiger partial charge < -0.3 is 32.4 Å². The lowest BCUT2D eigenvalue weighted by Gasteiger charge is -2.44. The number of primary amides is 4. The molecule has 10 aliphatic rings. The Hall–Kier alpha value is -12.6. The summed E-state index contributed by atoms with van der Waals surface area (Å²) in [5.74, 6) is 0.636. The molecular formula is C112H140F4N20O10. The number of piperidine rings is 4. The first-order chi connectivity index (χ1) is 70.5. The van der Waals surface area contributed by atoms with E-state index in [0.29, 0.717) is 111 Å². The largest absolute Gasteiger partial charge is 0.469 e. The number of esters is 2. The van der Waals surface area contributed by atoms with E-state index in [9.17, 15) is 59.4 Å². The van der Waals surface area contributed by atoms with Crippen molar-refractivity contribution in [1.29, 1.82) is 21.0 Å². The molecule has 4 aromatic heterocycles. The fraction of sp³-hybridized carbons (Fsp3) is 0.571. The number of methoxy groups -OCH3 is 2. The van der Waals surface area contributed by atoms with E-state index in [1.54, 1.807) is 0 Å². The highest BCUT2D eigenvalue weighted by atomic mass is 19.1. The number of hydrogen-bond acceptors (Lipinski definition) is 22. The number of alkyl halides is 4. The van der Waals surface area contributed by atoms with Gasteiger partial charge in [-0.15, -0.1) is 0 Å². The standard InChI is InChI=1S/2C29H36FN5O2.2C27H34FN5O3/c2*30-27-19-34(17-20-6-8-22(9-7-20)21-4-2-1-3-5-21)15-13-29(27,12-14-31)35-18-24(28(32)37)25(33-35)16-26(36)23-10-11-23;2*1-36-25(34)15-23-22(26(30)35)17-33(31-23)27(11-13-29)12-14-32(18-24(27)28)16-19-7-9-21(10-8-19)20-5-3-2-4-6-20/h2*1-5,18,20,22-23,27H,6-13,15-17,19H2,(H2,32,37);2*2-6,17,19,21,24H,7-12,14-16,18H2,1H3,(H2,30,35). The van der Waals surface area contributed by atoms with Gasteiger partial charge in [0.2, 0.25) is 0 Å². The summed E-state index contributed by atoms with van der Waals surface area (Å²) in [4.78, 5) is 105. The summed E-state index contributed by atoms with van der Waals surface area (Å²) in [6.45, 7) is 6.78. The van der Waals surface area contributed by atoms with Gasteiger partial charge in [-0.05, 0) is 224 Å². The molecule has 34 heteroatoms. The highest BCUT2D eigenvalue weighted by molar-refractivity contribution is 5.97. The number of likely N-dealkylation sites (tertiary alicyclic amines) is 4. The van der Waals surface area contributed by atoms with Crippen molar-refractivity contribution in [2.45, 2.75) is 276 Å². The number of ketones is 2. The zero-order valence-corrected chi connectivity index (χ0v) is 84.1. The van der Waals surface area contributed by atoms with Gasteiger partial charge in [-0.3, -0.25) is 76.7 Å². The van der Waals surface area contributed by atoms with Crippen LogP contribution in [0.1, 0.15) is 290 Å². The van der Waals surface area contributed by atoms with E-state index < -0.39 is 82.4 Å². The molecular weight excluding hydrogens is 1860 g/mol. The fourth-order valence-corrected chi connectivity index (χ4v) is 24.2. The lowest BCUT2D eigenvalue weighted by Crippen LogP contribution is -2.55. The number of carbonyl (C=O) groups excluding carboxylic acids is 8. The molecule has 4 aliphatic heterocycles. The van der Waals surface area contributed by atoms with Gasteiger partial charge in [0.1, 0.15) is 58.4 Å². The minimum absolute atomic E-state index is 0.0211. The maximum absolute atomic E-state index is 16.0. The van der Waals surface area contributed by atoms with E-state index in [1.807, 2.05) is 12.1 Å². The lowest BCUT2D eigenvalue weighted by atomic mass is 9.78. The molecule has 8 atom stereocenters. The van der Waals surface area contributed by atoms with Crippen LogP contribution in [0.5, 0.6) is 0 Å². The van der Waals surface area contributed by atoms with E-state index in [1.165, 1.54) is 80.0 Å². The fourth-order valence-electron chi connectivity index (χ4n) is 24.2. The number of nitrogens with zero attached hydrogens (tertiary/aromatic N) is 16. The number of nitrogens with two attached hydrogens (primary N) is 4. The van der Waals surface area contributed by atoms with Crippen LogP contribution >= 0.6 is 0 Å². The molecule has 0 radical (unpaired) electrons. The number of amides is 4. The molecule has 4 saturated heterocycles. The van der Waals surface area contributed by atoms with Crippen LogP contribution in [0.4, 0.5) is 17.6 Å². The molecule has 10 fully saturated rings. The maximum atomic E-state index is 16.0. The number of carbonyl (C=O) groups is 8. The van der Waals surface area contributed by atoms with E-state index in [4.69, 9.17) is 22.9 Å². The number of aromatic nitrogens is 8. The summed E-state index contributed by atoms with van der Waals surface area (Å²) in [7, 11) is 2.48. The summed E-state index contributed by atoms with van der Waals surface area (Å²) < 4.78 is 78.7. The highest BCUT2D eigenvalue weighted by Crippen LogP contribution is 2.47.